The van der Waals surface area contributed by atoms with E-state index in [4.69, 9.17) is 25.9 Å². The molecule has 1 aromatic carbocycles. The highest BCUT2D eigenvalue weighted by atomic mass is 35.5. The molecule has 1 amide bonds. The van der Waals surface area contributed by atoms with Crippen LogP contribution in [0.5, 0.6) is 0 Å². The first-order valence-corrected chi connectivity index (χ1v) is 4.78. The standard InChI is InChI=1S/C10H9Cl2NO2/c1-6(14)5-13-10(15)8-4-7(11)2-3-9(8)12/h2-4H,5H2,1H3,(H,13,15)/i5D2. The van der Waals surface area contributed by atoms with Crippen molar-refractivity contribution in [2.24, 2.45) is 0 Å². The van der Waals surface area contributed by atoms with Gasteiger partial charge in [0.15, 0.2) is 0 Å². The number of rotatable bonds is 3. The van der Waals surface area contributed by atoms with Gasteiger partial charge in [0, 0.05) is 5.02 Å². The van der Waals surface area contributed by atoms with E-state index < -0.39 is 18.2 Å². The van der Waals surface area contributed by atoms with Crippen molar-refractivity contribution in [3.05, 3.63) is 33.8 Å². The minimum absolute atomic E-state index is 0.0179. The Hall–Kier alpha value is -1.06. The topological polar surface area (TPSA) is 46.2 Å². The first-order chi connectivity index (χ1) is 7.74. The van der Waals surface area contributed by atoms with E-state index in [0.29, 0.717) is 5.02 Å². The van der Waals surface area contributed by atoms with E-state index in [1.165, 1.54) is 18.2 Å². The molecule has 0 saturated heterocycles. The molecular formula is C10H9Cl2NO2. The minimum atomic E-state index is -2.43. The molecule has 5 heteroatoms. The van der Waals surface area contributed by atoms with Gasteiger partial charge in [0.25, 0.3) is 5.91 Å². The van der Waals surface area contributed by atoms with Crippen molar-refractivity contribution in [2.75, 3.05) is 6.50 Å². The van der Waals surface area contributed by atoms with Gasteiger partial charge in [-0.15, -0.1) is 0 Å². The SMILES string of the molecule is [2H]C([2H])(NC(=O)c1cc(Cl)ccc1Cl)C(C)=O. The second-order valence-corrected chi connectivity index (χ2v) is 3.60. The molecular weight excluding hydrogens is 237 g/mol. The fourth-order valence-corrected chi connectivity index (χ4v) is 1.26. The first kappa shape index (κ1) is 9.19. The predicted octanol–water partition coefficient (Wildman–Crippen LogP) is 2.31. The van der Waals surface area contributed by atoms with Gasteiger partial charge in [-0.3, -0.25) is 9.59 Å². The summed E-state index contributed by atoms with van der Waals surface area (Å²) in [6.45, 7) is -1.39. The van der Waals surface area contributed by atoms with E-state index in [1.807, 2.05) is 5.32 Å². The summed E-state index contributed by atoms with van der Waals surface area (Å²) in [6, 6.07) is 4.22. The van der Waals surface area contributed by atoms with Crippen molar-refractivity contribution in [2.45, 2.75) is 6.92 Å². The Morgan fingerprint density at radius 2 is 2.13 bits per heavy atom. The van der Waals surface area contributed by atoms with Crippen molar-refractivity contribution in [1.82, 2.24) is 5.32 Å². The lowest BCUT2D eigenvalue weighted by atomic mass is 10.2. The van der Waals surface area contributed by atoms with Gasteiger partial charge in [-0.1, -0.05) is 23.2 Å². The van der Waals surface area contributed by atoms with Gasteiger partial charge in [-0.2, -0.15) is 0 Å². The van der Waals surface area contributed by atoms with E-state index in [0.717, 1.165) is 6.92 Å². The quantitative estimate of drug-likeness (QED) is 0.892. The molecule has 0 atom stereocenters. The van der Waals surface area contributed by atoms with Crippen LogP contribution in [0.25, 0.3) is 0 Å². The van der Waals surface area contributed by atoms with Gasteiger partial charge < -0.3 is 5.32 Å². The van der Waals surface area contributed by atoms with Crippen molar-refractivity contribution < 1.29 is 12.3 Å². The van der Waals surface area contributed by atoms with Crippen LogP contribution in [0.4, 0.5) is 0 Å². The number of amides is 1. The van der Waals surface area contributed by atoms with Crippen molar-refractivity contribution in [3.8, 4) is 0 Å². The van der Waals surface area contributed by atoms with Crippen LogP contribution >= 0.6 is 23.2 Å². The average Bonchev–Trinajstić information content (AvgIpc) is 2.20. The van der Waals surface area contributed by atoms with Crippen LogP contribution in [0.2, 0.25) is 10.0 Å². The van der Waals surface area contributed by atoms with E-state index in [1.54, 1.807) is 0 Å². The molecule has 0 aliphatic rings. The maximum atomic E-state index is 11.7. The van der Waals surface area contributed by atoms with Gasteiger partial charge >= 0.3 is 0 Å². The smallest absolute Gasteiger partial charge is 0.253 e. The van der Waals surface area contributed by atoms with Crippen LogP contribution in [0, 0.1) is 0 Å². The summed E-state index contributed by atoms with van der Waals surface area (Å²) < 4.78 is 14.6. The van der Waals surface area contributed by atoms with Crippen molar-refractivity contribution >= 4 is 34.9 Å². The van der Waals surface area contributed by atoms with Crippen molar-refractivity contribution in [1.29, 1.82) is 0 Å². The second-order valence-electron chi connectivity index (χ2n) is 2.76. The monoisotopic (exact) mass is 247 g/mol. The molecule has 0 heterocycles. The molecule has 3 nitrogen and oxygen atoms in total. The van der Waals surface area contributed by atoms with E-state index in [2.05, 4.69) is 0 Å². The number of hydrogen-bond donors (Lipinski definition) is 1. The lowest BCUT2D eigenvalue weighted by Crippen LogP contribution is -2.28. The fraction of sp³-hybridized carbons (Fsp3) is 0.200. The maximum absolute atomic E-state index is 11.7. The summed E-state index contributed by atoms with van der Waals surface area (Å²) in [5, 5.41) is 2.37. The van der Waals surface area contributed by atoms with Gasteiger partial charge in [-0.05, 0) is 25.1 Å². The van der Waals surface area contributed by atoms with Crippen molar-refractivity contribution in [3.63, 3.8) is 0 Å². The van der Waals surface area contributed by atoms with Gasteiger partial charge in [0.1, 0.15) is 5.78 Å². The predicted molar refractivity (Wildman–Crippen MR) is 59.5 cm³/mol. The molecule has 80 valence electrons. The minimum Gasteiger partial charge on any atom is -0.345 e. The molecule has 1 N–H and O–H groups in total. The summed E-state index contributed by atoms with van der Waals surface area (Å²) in [5.74, 6) is -1.60. The number of carbonyl (C=O) groups excluding carboxylic acids is 2. The summed E-state index contributed by atoms with van der Waals surface area (Å²) in [6.07, 6.45) is 0. The maximum Gasteiger partial charge on any atom is 0.253 e. The normalized spacial score (nSPS) is 12.7. The van der Waals surface area contributed by atoms with Gasteiger partial charge in [0.2, 0.25) is 0 Å². The summed E-state index contributed by atoms with van der Waals surface area (Å²) >= 11 is 11.5. The van der Waals surface area contributed by atoms with Crippen LogP contribution in [0.15, 0.2) is 18.2 Å². The molecule has 0 aliphatic heterocycles. The Balaban J connectivity index is 2.98. The molecule has 0 aromatic heterocycles. The Kier molecular flexibility index (Phi) is 3.15. The lowest BCUT2D eigenvalue weighted by molar-refractivity contribution is -0.116. The van der Waals surface area contributed by atoms with Crippen LogP contribution < -0.4 is 5.32 Å². The largest absolute Gasteiger partial charge is 0.345 e. The molecule has 1 rings (SSSR count). The Morgan fingerprint density at radius 3 is 2.73 bits per heavy atom. The lowest BCUT2D eigenvalue weighted by Gasteiger charge is -2.05. The zero-order chi connectivity index (χ0) is 13.2. The van der Waals surface area contributed by atoms with Crippen LogP contribution in [0.1, 0.15) is 20.0 Å². The Labute approximate surface area is 100 Å². The highest BCUT2D eigenvalue weighted by Crippen LogP contribution is 2.20. The van der Waals surface area contributed by atoms with Crippen LogP contribution in [0.3, 0.4) is 0 Å². The second kappa shape index (κ2) is 5.14. The first-order valence-electron chi connectivity index (χ1n) is 5.02. The summed E-state index contributed by atoms with van der Waals surface area (Å²) in [4.78, 5) is 22.6. The van der Waals surface area contributed by atoms with E-state index in [9.17, 15) is 9.59 Å². The summed E-state index contributed by atoms with van der Waals surface area (Å²) in [5.41, 5.74) is 0.0179. The van der Waals surface area contributed by atoms with E-state index >= 15 is 0 Å². The summed E-state index contributed by atoms with van der Waals surface area (Å²) in [7, 11) is 0. The zero-order valence-corrected chi connectivity index (χ0v) is 9.32. The number of nitrogens with one attached hydrogen (secondary N) is 1. The number of halogens is 2. The molecule has 0 saturated carbocycles. The fourth-order valence-electron chi connectivity index (χ4n) is 0.884. The zero-order valence-electron chi connectivity index (χ0n) is 9.80. The van der Waals surface area contributed by atoms with Crippen LogP contribution in [-0.2, 0) is 4.79 Å². The Morgan fingerprint density at radius 1 is 1.47 bits per heavy atom. The van der Waals surface area contributed by atoms with Crippen LogP contribution in [-0.4, -0.2) is 18.2 Å². The molecule has 0 fully saturated rings. The highest BCUT2D eigenvalue weighted by Gasteiger charge is 2.10. The Bertz CT molecular complexity index is 477. The molecule has 15 heavy (non-hydrogen) atoms. The number of ketones is 1. The number of Topliss-reactive ketones (excluding diaryl/α,β-unsaturated/α-hetero) is 1. The third-order valence-electron chi connectivity index (χ3n) is 1.53. The van der Waals surface area contributed by atoms with Gasteiger partial charge in [0.05, 0.1) is 19.8 Å². The van der Waals surface area contributed by atoms with Gasteiger partial charge in [-0.25, -0.2) is 0 Å². The molecule has 0 aliphatic carbocycles. The third-order valence-corrected chi connectivity index (χ3v) is 2.09. The number of benzene rings is 1. The molecule has 0 bridgehead atoms. The van der Waals surface area contributed by atoms with E-state index in [-0.39, 0.29) is 10.6 Å². The highest BCUT2D eigenvalue weighted by molar-refractivity contribution is 6.35. The number of carbonyl (C=O) groups is 2. The molecule has 0 radical (unpaired) electrons. The molecule has 0 unspecified atom stereocenters. The third kappa shape index (κ3) is 3.53. The molecule has 1 aromatic rings. The molecule has 0 spiro atoms. The average molecular weight is 248 g/mol. The number of hydrogen-bond acceptors (Lipinski definition) is 2.